The van der Waals surface area contributed by atoms with E-state index in [9.17, 15) is 9.59 Å². The zero-order valence-electron chi connectivity index (χ0n) is 8.13. The van der Waals surface area contributed by atoms with Gasteiger partial charge < -0.3 is 5.11 Å². The molecule has 0 spiro atoms. The highest BCUT2D eigenvalue weighted by Gasteiger charge is 2.30. The Morgan fingerprint density at radius 3 is 2.69 bits per heavy atom. The van der Waals surface area contributed by atoms with Gasteiger partial charge in [0.05, 0.1) is 17.8 Å². The summed E-state index contributed by atoms with van der Waals surface area (Å²) >= 11 is 5.83. The lowest BCUT2D eigenvalue weighted by atomic mass is 10.4. The number of aromatic nitrogens is 2. The van der Waals surface area contributed by atoms with Gasteiger partial charge in [0.1, 0.15) is 0 Å². The highest BCUT2D eigenvalue weighted by molar-refractivity contribution is 6.24. The number of hydrogen-bond acceptors (Lipinski definition) is 4. The Morgan fingerprint density at radius 2 is 2.25 bits per heavy atom. The quantitative estimate of drug-likeness (QED) is 0.763. The van der Waals surface area contributed by atoms with Crippen LogP contribution in [0.5, 0.6) is 0 Å². The fraction of sp³-hybridized carbons (Fsp3) is 0.333. The van der Waals surface area contributed by atoms with E-state index in [0.717, 1.165) is 6.20 Å². The van der Waals surface area contributed by atoms with E-state index in [2.05, 4.69) is 9.97 Å². The predicted octanol–water partition coefficient (Wildman–Crippen LogP) is 0.519. The zero-order chi connectivity index (χ0) is 11.7. The summed E-state index contributed by atoms with van der Waals surface area (Å²) in [7, 11) is 0. The van der Waals surface area contributed by atoms with E-state index in [1.165, 1.54) is 11.1 Å². The first-order valence-corrected chi connectivity index (χ1v) is 5.01. The minimum absolute atomic E-state index is 0.127. The number of carbonyl (C=O) groups excluding carboxylic acids is 1. The van der Waals surface area contributed by atoms with Crippen molar-refractivity contribution in [1.82, 2.24) is 9.97 Å². The Labute approximate surface area is 95.9 Å². The van der Waals surface area contributed by atoms with Crippen molar-refractivity contribution in [2.24, 2.45) is 0 Å². The largest absolute Gasteiger partial charge is 0.476 e. The molecule has 6 nitrogen and oxygen atoms in total. The van der Waals surface area contributed by atoms with Gasteiger partial charge in [0.15, 0.2) is 11.5 Å². The lowest BCUT2D eigenvalue weighted by Crippen LogP contribution is -2.26. The second-order valence-corrected chi connectivity index (χ2v) is 3.99. The summed E-state index contributed by atoms with van der Waals surface area (Å²) in [4.78, 5) is 31.0. The normalized spacial score (nSPS) is 20.2. The summed E-state index contributed by atoms with van der Waals surface area (Å²) in [5.74, 6) is -0.947. The summed E-state index contributed by atoms with van der Waals surface area (Å²) in [6, 6.07) is 0. The highest BCUT2D eigenvalue weighted by Crippen LogP contribution is 2.21. The third kappa shape index (κ3) is 1.96. The highest BCUT2D eigenvalue weighted by atomic mass is 35.5. The van der Waals surface area contributed by atoms with Crippen molar-refractivity contribution in [3.63, 3.8) is 0 Å². The monoisotopic (exact) mass is 241 g/mol. The van der Waals surface area contributed by atoms with Crippen LogP contribution in [0.3, 0.4) is 0 Å². The van der Waals surface area contributed by atoms with Crippen LogP contribution in [-0.4, -0.2) is 38.9 Å². The predicted molar refractivity (Wildman–Crippen MR) is 55.6 cm³/mol. The Morgan fingerprint density at radius 1 is 1.50 bits per heavy atom. The molecule has 1 unspecified atom stereocenters. The van der Waals surface area contributed by atoms with Crippen molar-refractivity contribution in [2.75, 3.05) is 11.4 Å². The molecular weight excluding hydrogens is 234 g/mol. The van der Waals surface area contributed by atoms with Crippen LogP contribution in [0.15, 0.2) is 12.4 Å². The van der Waals surface area contributed by atoms with E-state index in [1.807, 2.05) is 0 Å². The third-order valence-corrected chi connectivity index (χ3v) is 2.50. The van der Waals surface area contributed by atoms with Crippen LogP contribution in [0.2, 0.25) is 0 Å². The molecule has 2 rings (SSSR count). The van der Waals surface area contributed by atoms with Gasteiger partial charge in [-0.05, 0) is 0 Å². The Kier molecular flexibility index (Phi) is 2.74. The Hall–Kier alpha value is -1.69. The maximum Gasteiger partial charge on any atom is 0.356 e. The maximum absolute atomic E-state index is 11.5. The van der Waals surface area contributed by atoms with Crippen LogP contribution in [0.25, 0.3) is 0 Å². The molecule has 7 heteroatoms. The van der Waals surface area contributed by atoms with Crippen molar-refractivity contribution in [1.29, 1.82) is 0 Å². The molecule has 1 aromatic heterocycles. The molecule has 1 amide bonds. The van der Waals surface area contributed by atoms with Crippen molar-refractivity contribution >= 4 is 29.3 Å². The summed E-state index contributed by atoms with van der Waals surface area (Å²) < 4.78 is 0. The van der Waals surface area contributed by atoms with Crippen molar-refractivity contribution < 1.29 is 14.7 Å². The third-order valence-electron chi connectivity index (χ3n) is 2.21. The molecule has 1 fully saturated rings. The maximum atomic E-state index is 11.5. The Balaban J connectivity index is 2.22. The molecule has 0 bridgehead atoms. The van der Waals surface area contributed by atoms with Crippen LogP contribution in [0.4, 0.5) is 5.82 Å². The van der Waals surface area contributed by atoms with Gasteiger partial charge in [-0.1, -0.05) is 0 Å². The average Bonchev–Trinajstić information content (AvgIpc) is 2.58. The molecule has 1 aliphatic heterocycles. The fourth-order valence-corrected chi connectivity index (χ4v) is 1.73. The van der Waals surface area contributed by atoms with Crippen molar-refractivity contribution in [3.05, 3.63) is 18.1 Å². The molecule has 0 aromatic carbocycles. The number of amides is 1. The lowest BCUT2D eigenvalue weighted by Gasteiger charge is -2.13. The van der Waals surface area contributed by atoms with Crippen LogP contribution >= 0.6 is 11.6 Å². The van der Waals surface area contributed by atoms with Gasteiger partial charge in [-0.15, -0.1) is 11.6 Å². The van der Waals surface area contributed by atoms with E-state index in [1.54, 1.807) is 0 Å². The molecule has 1 aliphatic rings. The van der Waals surface area contributed by atoms with Gasteiger partial charge >= 0.3 is 5.97 Å². The smallest absolute Gasteiger partial charge is 0.356 e. The second-order valence-electron chi connectivity index (χ2n) is 3.37. The molecular formula is C9H8ClN3O3. The van der Waals surface area contributed by atoms with Crippen LogP contribution < -0.4 is 4.90 Å². The molecule has 1 saturated heterocycles. The number of alkyl halides is 1. The van der Waals surface area contributed by atoms with Gasteiger partial charge in [0.25, 0.3) is 0 Å². The zero-order valence-corrected chi connectivity index (χ0v) is 8.89. The molecule has 0 radical (unpaired) electrons. The van der Waals surface area contributed by atoms with Crippen molar-refractivity contribution in [3.8, 4) is 0 Å². The van der Waals surface area contributed by atoms with E-state index in [0.29, 0.717) is 12.4 Å². The number of aromatic carboxylic acids is 1. The number of halogens is 1. The van der Waals surface area contributed by atoms with Crippen molar-refractivity contribution in [2.45, 2.75) is 11.8 Å². The van der Waals surface area contributed by atoms with Gasteiger partial charge in [-0.2, -0.15) is 0 Å². The first-order valence-electron chi connectivity index (χ1n) is 4.57. The fourth-order valence-electron chi connectivity index (χ4n) is 1.46. The van der Waals surface area contributed by atoms with E-state index >= 15 is 0 Å². The molecule has 1 atom stereocenters. The van der Waals surface area contributed by atoms with Crippen LogP contribution in [-0.2, 0) is 4.79 Å². The first kappa shape index (κ1) is 10.8. The number of hydrogen-bond donors (Lipinski definition) is 1. The summed E-state index contributed by atoms with van der Waals surface area (Å²) in [6.07, 6.45) is 2.65. The van der Waals surface area contributed by atoms with E-state index < -0.39 is 5.97 Å². The summed E-state index contributed by atoms with van der Waals surface area (Å²) in [6.45, 7) is 0.376. The number of nitrogens with zero attached hydrogens (tertiary/aromatic N) is 3. The average molecular weight is 242 g/mol. The molecule has 1 aromatic rings. The SMILES string of the molecule is O=C(O)c1cnc(N2CC(Cl)CC2=O)cn1. The number of anilines is 1. The molecule has 1 N–H and O–H groups in total. The summed E-state index contributed by atoms with van der Waals surface area (Å²) in [5, 5.41) is 8.40. The van der Waals surface area contributed by atoms with Crippen LogP contribution in [0, 0.1) is 0 Å². The Bertz CT molecular complexity index is 434. The number of rotatable bonds is 2. The van der Waals surface area contributed by atoms with E-state index in [4.69, 9.17) is 16.7 Å². The van der Waals surface area contributed by atoms with Gasteiger partial charge in [-0.25, -0.2) is 14.8 Å². The van der Waals surface area contributed by atoms with Crippen LogP contribution in [0.1, 0.15) is 16.9 Å². The molecule has 0 saturated carbocycles. The van der Waals surface area contributed by atoms with Gasteiger partial charge in [0, 0.05) is 13.0 Å². The first-order chi connectivity index (χ1) is 7.58. The minimum atomic E-state index is -1.15. The molecule has 84 valence electrons. The van der Waals surface area contributed by atoms with Gasteiger partial charge in [-0.3, -0.25) is 9.69 Å². The number of carbonyl (C=O) groups is 2. The second kappa shape index (κ2) is 4.05. The minimum Gasteiger partial charge on any atom is -0.476 e. The molecule has 16 heavy (non-hydrogen) atoms. The topological polar surface area (TPSA) is 83.4 Å². The molecule has 2 heterocycles. The number of carboxylic acids is 1. The van der Waals surface area contributed by atoms with E-state index in [-0.39, 0.29) is 23.4 Å². The lowest BCUT2D eigenvalue weighted by molar-refractivity contribution is -0.117. The summed E-state index contributed by atoms with van der Waals surface area (Å²) in [5.41, 5.74) is -0.155. The standard InChI is InChI=1S/C9H8ClN3O3/c10-5-1-8(14)13(4-5)7-3-11-6(2-12-7)9(15)16/h2-3,5H,1,4H2,(H,15,16). The number of carboxylic acid groups (broad SMARTS) is 1. The molecule has 0 aliphatic carbocycles. The van der Waals surface area contributed by atoms with Gasteiger partial charge in [0.2, 0.25) is 5.91 Å².